The second-order valence-corrected chi connectivity index (χ2v) is 5.44. The van der Waals surface area contributed by atoms with Gasteiger partial charge in [-0.15, -0.1) is 11.3 Å². The molecule has 18 heavy (non-hydrogen) atoms. The maximum Gasteiger partial charge on any atom is 0.159 e. The Morgan fingerprint density at radius 2 is 2.06 bits per heavy atom. The zero-order chi connectivity index (χ0) is 13.1. The number of thiazole rings is 1. The Labute approximate surface area is 111 Å². The summed E-state index contributed by atoms with van der Waals surface area (Å²) in [6.07, 6.45) is 1.55. The standard InChI is InChI=1S/C15H16FNS/c1-10(2)14-9-18-15(17-14)13(16)8-12-7-5-4-6-11(12)3/h4-10H,1-3H3. The van der Waals surface area contributed by atoms with E-state index in [-0.39, 0.29) is 5.83 Å². The topological polar surface area (TPSA) is 12.9 Å². The van der Waals surface area contributed by atoms with Crippen LogP contribution in [0, 0.1) is 6.92 Å². The molecule has 0 N–H and O–H groups in total. The van der Waals surface area contributed by atoms with Crippen molar-refractivity contribution in [2.45, 2.75) is 26.7 Å². The minimum atomic E-state index is -0.263. The zero-order valence-electron chi connectivity index (χ0n) is 10.8. The average molecular weight is 261 g/mol. The maximum atomic E-state index is 14.1. The molecular formula is C15H16FNS. The molecule has 0 aliphatic rings. The van der Waals surface area contributed by atoms with Gasteiger partial charge in [-0.1, -0.05) is 38.1 Å². The second-order valence-electron chi connectivity index (χ2n) is 4.58. The van der Waals surface area contributed by atoms with E-state index in [0.717, 1.165) is 16.8 Å². The van der Waals surface area contributed by atoms with Gasteiger partial charge in [0, 0.05) is 5.38 Å². The molecular weight excluding hydrogens is 245 g/mol. The van der Waals surface area contributed by atoms with Crippen LogP contribution in [0.5, 0.6) is 0 Å². The molecule has 0 bridgehead atoms. The SMILES string of the molecule is Cc1ccccc1C=C(F)c1nc(C(C)C)cs1. The highest BCUT2D eigenvalue weighted by Gasteiger charge is 2.09. The van der Waals surface area contributed by atoms with Gasteiger partial charge in [-0.2, -0.15) is 0 Å². The van der Waals surface area contributed by atoms with Crippen LogP contribution in [0.1, 0.15) is 41.6 Å². The van der Waals surface area contributed by atoms with Crippen molar-refractivity contribution in [3.8, 4) is 0 Å². The number of hydrogen-bond donors (Lipinski definition) is 0. The number of nitrogens with zero attached hydrogens (tertiary/aromatic N) is 1. The van der Waals surface area contributed by atoms with Crippen LogP contribution in [0.25, 0.3) is 11.9 Å². The monoisotopic (exact) mass is 261 g/mol. The third-order valence-corrected chi connectivity index (χ3v) is 3.66. The van der Waals surface area contributed by atoms with Gasteiger partial charge in [-0.3, -0.25) is 0 Å². The Bertz CT molecular complexity index is 569. The highest BCUT2D eigenvalue weighted by Crippen LogP contribution is 2.26. The van der Waals surface area contributed by atoms with Gasteiger partial charge in [0.15, 0.2) is 10.8 Å². The minimum Gasteiger partial charge on any atom is -0.238 e. The molecule has 0 saturated carbocycles. The molecule has 2 aromatic rings. The van der Waals surface area contributed by atoms with Crippen molar-refractivity contribution in [3.63, 3.8) is 0 Å². The molecule has 0 radical (unpaired) electrons. The molecule has 0 unspecified atom stereocenters. The molecule has 0 fully saturated rings. The summed E-state index contributed by atoms with van der Waals surface area (Å²) < 4.78 is 14.1. The van der Waals surface area contributed by atoms with E-state index >= 15 is 0 Å². The number of hydrogen-bond acceptors (Lipinski definition) is 2. The lowest BCUT2D eigenvalue weighted by Crippen LogP contribution is -1.87. The summed E-state index contributed by atoms with van der Waals surface area (Å²) in [6.45, 7) is 6.09. The molecule has 1 heterocycles. The van der Waals surface area contributed by atoms with Crippen molar-refractivity contribution < 1.29 is 4.39 Å². The number of aromatic nitrogens is 1. The van der Waals surface area contributed by atoms with E-state index in [0.29, 0.717) is 10.9 Å². The van der Waals surface area contributed by atoms with Crippen molar-refractivity contribution in [1.29, 1.82) is 0 Å². The maximum absolute atomic E-state index is 14.1. The minimum absolute atomic E-state index is 0.263. The summed E-state index contributed by atoms with van der Waals surface area (Å²) in [5, 5.41) is 2.38. The molecule has 0 aliphatic carbocycles. The molecule has 0 saturated heterocycles. The average Bonchev–Trinajstić information content (AvgIpc) is 2.81. The van der Waals surface area contributed by atoms with Gasteiger partial charge >= 0.3 is 0 Å². The molecule has 94 valence electrons. The lowest BCUT2D eigenvalue weighted by Gasteiger charge is -1.99. The predicted molar refractivity (Wildman–Crippen MR) is 76.4 cm³/mol. The van der Waals surface area contributed by atoms with E-state index in [1.807, 2.05) is 36.6 Å². The first kappa shape index (κ1) is 13.0. The second kappa shape index (κ2) is 5.44. The third kappa shape index (κ3) is 2.85. The summed E-state index contributed by atoms with van der Waals surface area (Å²) in [5.41, 5.74) is 2.91. The van der Waals surface area contributed by atoms with Crippen LogP contribution < -0.4 is 0 Å². The Balaban J connectivity index is 2.30. The van der Waals surface area contributed by atoms with Crippen LogP contribution in [0.4, 0.5) is 4.39 Å². The zero-order valence-corrected chi connectivity index (χ0v) is 11.6. The van der Waals surface area contributed by atoms with Crippen molar-refractivity contribution in [3.05, 3.63) is 51.5 Å². The first-order valence-electron chi connectivity index (χ1n) is 5.96. The fourth-order valence-corrected chi connectivity index (χ4v) is 2.49. The van der Waals surface area contributed by atoms with Gasteiger partial charge in [0.05, 0.1) is 5.69 Å². The summed E-state index contributed by atoms with van der Waals surface area (Å²) in [7, 11) is 0. The molecule has 3 heteroatoms. The normalized spacial score (nSPS) is 12.2. The summed E-state index contributed by atoms with van der Waals surface area (Å²) >= 11 is 1.36. The van der Waals surface area contributed by atoms with Crippen LogP contribution in [-0.2, 0) is 0 Å². The van der Waals surface area contributed by atoms with Gasteiger partial charge in [0.2, 0.25) is 0 Å². The molecule has 1 aromatic heterocycles. The van der Waals surface area contributed by atoms with Crippen molar-refractivity contribution >= 4 is 23.2 Å². The highest BCUT2D eigenvalue weighted by molar-refractivity contribution is 7.10. The Morgan fingerprint density at radius 3 is 2.67 bits per heavy atom. The van der Waals surface area contributed by atoms with E-state index in [2.05, 4.69) is 18.8 Å². The van der Waals surface area contributed by atoms with Crippen molar-refractivity contribution in [1.82, 2.24) is 4.98 Å². The molecule has 0 spiro atoms. The molecule has 0 amide bonds. The van der Waals surface area contributed by atoms with E-state index in [1.165, 1.54) is 11.3 Å². The van der Waals surface area contributed by atoms with Gasteiger partial charge in [0.25, 0.3) is 0 Å². The van der Waals surface area contributed by atoms with E-state index < -0.39 is 0 Å². The lowest BCUT2D eigenvalue weighted by atomic mass is 10.1. The summed E-state index contributed by atoms with van der Waals surface area (Å²) in [5.74, 6) is 0.0717. The predicted octanol–water partition coefficient (Wildman–Crippen LogP) is 5.04. The number of aryl methyl sites for hydroxylation is 1. The largest absolute Gasteiger partial charge is 0.238 e. The fourth-order valence-electron chi connectivity index (χ4n) is 1.61. The highest BCUT2D eigenvalue weighted by atomic mass is 32.1. The first-order chi connectivity index (χ1) is 8.58. The van der Waals surface area contributed by atoms with Gasteiger partial charge < -0.3 is 0 Å². The van der Waals surface area contributed by atoms with Gasteiger partial charge in [-0.05, 0) is 30.0 Å². The fraction of sp³-hybridized carbons (Fsp3) is 0.267. The van der Waals surface area contributed by atoms with Crippen LogP contribution in [-0.4, -0.2) is 4.98 Å². The van der Waals surface area contributed by atoms with Gasteiger partial charge in [-0.25, -0.2) is 9.37 Å². The molecule has 0 atom stereocenters. The number of benzene rings is 1. The lowest BCUT2D eigenvalue weighted by molar-refractivity contribution is 0.757. The van der Waals surface area contributed by atoms with Gasteiger partial charge in [0.1, 0.15) is 0 Å². The quantitative estimate of drug-likeness (QED) is 0.754. The number of rotatable bonds is 3. The molecule has 1 nitrogen and oxygen atoms in total. The molecule has 2 rings (SSSR count). The van der Waals surface area contributed by atoms with E-state index in [1.54, 1.807) is 6.08 Å². The Kier molecular flexibility index (Phi) is 3.92. The van der Waals surface area contributed by atoms with E-state index in [9.17, 15) is 4.39 Å². The Morgan fingerprint density at radius 1 is 1.33 bits per heavy atom. The van der Waals surface area contributed by atoms with Crippen LogP contribution in [0.2, 0.25) is 0 Å². The smallest absolute Gasteiger partial charge is 0.159 e. The van der Waals surface area contributed by atoms with Crippen molar-refractivity contribution in [2.24, 2.45) is 0 Å². The number of halogens is 1. The Hall–Kier alpha value is -1.48. The summed E-state index contributed by atoms with van der Waals surface area (Å²) in [6, 6.07) is 7.74. The van der Waals surface area contributed by atoms with Crippen LogP contribution in [0.3, 0.4) is 0 Å². The van der Waals surface area contributed by atoms with Crippen molar-refractivity contribution in [2.75, 3.05) is 0 Å². The third-order valence-electron chi connectivity index (χ3n) is 2.79. The summed E-state index contributed by atoms with van der Waals surface area (Å²) in [4.78, 5) is 4.31. The molecule has 1 aromatic carbocycles. The van der Waals surface area contributed by atoms with Crippen LogP contribution >= 0.6 is 11.3 Å². The first-order valence-corrected chi connectivity index (χ1v) is 6.84. The molecule has 0 aliphatic heterocycles. The van der Waals surface area contributed by atoms with E-state index in [4.69, 9.17) is 0 Å². The van der Waals surface area contributed by atoms with Crippen LogP contribution in [0.15, 0.2) is 29.6 Å².